The Morgan fingerprint density at radius 3 is 2.29 bits per heavy atom. The van der Waals surface area contributed by atoms with Crippen molar-refractivity contribution in [3.8, 4) is 5.75 Å². The minimum absolute atomic E-state index is 0.0576. The predicted molar refractivity (Wildman–Crippen MR) is 112 cm³/mol. The summed E-state index contributed by atoms with van der Waals surface area (Å²) >= 11 is 12.0. The number of rotatable bonds is 8. The quantitative estimate of drug-likeness (QED) is 0.652. The molecule has 0 saturated heterocycles. The van der Waals surface area contributed by atoms with Gasteiger partial charge in [0.15, 0.2) is 6.10 Å². The molecule has 1 N–H and O–H groups in total. The van der Waals surface area contributed by atoms with E-state index >= 15 is 0 Å². The summed E-state index contributed by atoms with van der Waals surface area (Å²) < 4.78 is 32.3. The maximum atomic E-state index is 12.7. The summed E-state index contributed by atoms with van der Waals surface area (Å²) in [5.41, 5.74) is 0.200. The highest BCUT2D eigenvalue weighted by Crippen LogP contribution is 2.27. The minimum Gasteiger partial charge on any atom is -0.481 e. The summed E-state index contributed by atoms with van der Waals surface area (Å²) in [5.74, 6) is 0.0187. The SMILES string of the molecule is CCN(CC)S(=O)(=O)c1ccc(Cl)c(NC(=O)C(C)Oc2ccc(Cl)cc2)c1. The zero-order chi connectivity index (χ0) is 20.9. The third-order valence-corrected chi connectivity index (χ3v) is 6.66. The van der Waals surface area contributed by atoms with Crippen molar-refractivity contribution in [1.29, 1.82) is 0 Å². The Kier molecular flexibility index (Phi) is 7.71. The molecule has 0 saturated carbocycles. The van der Waals surface area contributed by atoms with Crippen LogP contribution in [0.3, 0.4) is 0 Å². The molecule has 2 aromatic rings. The lowest BCUT2D eigenvalue weighted by Crippen LogP contribution is -2.31. The van der Waals surface area contributed by atoms with Gasteiger partial charge in [-0.05, 0) is 49.4 Å². The first-order valence-corrected chi connectivity index (χ1v) is 10.9. The van der Waals surface area contributed by atoms with Gasteiger partial charge in [0.2, 0.25) is 10.0 Å². The second kappa shape index (κ2) is 9.60. The van der Waals surface area contributed by atoms with Gasteiger partial charge in [-0.15, -0.1) is 0 Å². The van der Waals surface area contributed by atoms with Crippen LogP contribution in [0.1, 0.15) is 20.8 Å². The van der Waals surface area contributed by atoms with Gasteiger partial charge < -0.3 is 10.1 Å². The first-order chi connectivity index (χ1) is 13.2. The molecule has 0 heterocycles. The Bertz CT molecular complexity index is 929. The molecular weight excluding hydrogens is 423 g/mol. The molecule has 6 nitrogen and oxygen atoms in total. The van der Waals surface area contributed by atoms with E-state index in [0.717, 1.165) is 0 Å². The first kappa shape index (κ1) is 22.5. The fourth-order valence-corrected chi connectivity index (χ4v) is 4.25. The van der Waals surface area contributed by atoms with Gasteiger partial charge >= 0.3 is 0 Å². The number of ether oxygens (including phenoxy) is 1. The zero-order valence-electron chi connectivity index (χ0n) is 15.8. The van der Waals surface area contributed by atoms with Gasteiger partial charge in [-0.3, -0.25) is 4.79 Å². The van der Waals surface area contributed by atoms with E-state index in [4.69, 9.17) is 27.9 Å². The van der Waals surface area contributed by atoms with Crippen LogP contribution in [0, 0.1) is 0 Å². The number of hydrogen-bond donors (Lipinski definition) is 1. The molecular formula is C19H22Cl2N2O4S. The molecule has 2 aromatic carbocycles. The molecule has 9 heteroatoms. The first-order valence-electron chi connectivity index (χ1n) is 8.71. The van der Waals surface area contributed by atoms with Gasteiger partial charge in [0, 0.05) is 18.1 Å². The number of carbonyl (C=O) groups is 1. The van der Waals surface area contributed by atoms with E-state index < -0.39 is 22.0 Å². The van der Waals surface area contributed by atoms with Crippen LogP contribution in [0.15, 0.2) is 47.4 Å². The Labute approximate surface area is 175 Å². The van der Waals surface area contributed by atoms with Crippen molar-refractivity contribution in [2.45, 2.75) is 31.8 Å². The zero-order valence-corrected chi connectivity index (χ0v) is 18.1. The smallest absolute Gasteiger partial charge is 0.265 e. The highest BCUT2D eigenvalue weighted by Gasteiger charge is 2.23. The van der Waals surface area contributed by atoms with Crippen molar-refractivity contribution in [3.63, 3.8) is 0 Å². The molecule has 1 atom stereocenters. The molecule has 0 aliphatic carbocycles. The van der Waals surface area contributed by atoms with Crippen LogP contribution < -0.4 is 10.1 Å². The standard InChI is InChI=1S/C19H22Cl2N2O4S/c1-4-23(5-2)28(25,26)16-10-11-17(21)18(12-16)22-19(24)13(3)27-15-8-6-14(20)7-9-15/h6-13H,4-5H2,1-3H3,(H,22,24). The minimum atomic E-state index is -3.67. The average molecular weight is 445 g/mol. The number of hydrogen-bond acceptors (Lipinski definition) is 4. The lowest BCUT2D eigenvalue weighted by Gasteiger charge is -2.20. The Balaban J connectivity index is 2.18. The van der Waals surface area contributed by atoms with Gasteiger partial charge in [-0.2, -0.15) is 4.31 Å². The number of nitrogens with zero attached hydrogens (tertiary/aromatic N) is 1. The van der Waals surface area contributed by atoms with Gasteiger partial charge in [0.25, 0.3) is 5.91 Å². The van der Waals surface area contributed by atoms with Gasteiger partial charge in [0.05, 0.1) is 15.6 Å². The number of halogens is 2. The van der Waals surface area contributed by atoms with Crippen LogP contribution in [0.25, 0.3) is 0 Å². The summed E-state index contributed by atoms with van der Waals surface area (Å²) in [6, 6.07) is 10.8. The fraction of sp³-hybridized carbons (Fsp3) is 0.316. The second-order valence-electron chi connectivity index (χ2n) is 5.93. The molecule has 0 aliphatic heterocycles. The highest BCUT2D eigenvalue weighted by molar-refractivity contribution is 7.89. The van der Waals surface area contributed by atoms with Crippen LogP contribution in [0.2, 0.25) is 10.0 Å². The van der Waals surface area contributed by atoms with Crippen LogP contribution >= 0.6 is 23.2 Å². The van der Waals surface area contributed by atoms with E-state index in [1.165, 1.54) is 22.5 Å². The van der Waals surface area contributed by atoms with Crippen LogP contribution in [0.5, 0.6) is 5.75 Å². The molecule has 0 spiro atoms. The van der Waals surface area contributed by atoms with E-state index in [0.29, 0.717) is 23.9 Å². The van der Waals surface area contributed by atoms with E-state index in [1.54, 1.807) is 45.0 Å². The summed E-state index contributed by atoms with van der Waals surface area (Å²) in [7, 11) is -3.67. The monoisotopic (exact) mass is 444 g/mol. The van der Waals surface area contributed by atoms with Crippen molar-refractivity contribution in [2.24, 2.45) is 0 Å². The molecule has 0 bridgehead atoms. The number of nitrogens with one attached hydrogen (secondary N) is 1. The third-order valence-electron chi connectivity index (χ3n) is 4.03. The average Bonchev–Trinajstić information content (AvgIpc) is 2.65. The summed E-state index contributed by atoms with van der Waals surface area (Å²) in [6.07, 6.45) is -0.833. The van der Waals surface area contributed by atoms with Crippen LogP contribution in [-0.4, -0.2) is 37.8 Å². The van der Waals surface area contributed by atoms with Crippen molar-refractivity contribution < 1.29 is 17.9 Å². The molecule has 1 unspecified atom stereocenters. The third kappa shape index (κ3) is 5.38. The molecule has 152 valence electrons. The maximum Gasteiger partial charge on any atom is 0.265 e. The molecule has 0 aliphatic rings. The normalized spacial score (nSPS) is 12.6. The van der Waals surface area contributed by atoms with Gasteiger partial charge in [-0.25, -0.2) is 8.42 Å². The van der Waals surface area contributed by atoms with Crippen molar-refractivity contribution in [2.75, 3.05) is 18.4 Å². The molecule has 0 radical (unpaired) electrons. The Morgan fingerprint density at radius 2 is 1.71 bits per heavy atom. The molecule has 0 fully saturated rings. The van der Waals surface area contributed by atoms with Crippen molar-refractivity contribution in [1.82, 2.24) is 4.31 Å². The van der Waals surface area contributed by atoms with E-state index in [1.807, 2.05) is 0 Å². The molecule has 28 heavy (non-hydrogen) atoms. The lowest BCUT2D eigenvalue weighted by molar-refractivity contribution is -0.122. The molecule has 0 aromatic heterocycles. The molecule has 1 amide bonds. The number of carbonyl (C=O) groups excluding carboxylic acids is 1. The number of anilines is 1. The van der Waals surface area contributed by atoms with Crippen molar-refractivity contribution >= 4 is 44.8 Å². The lowest BCUT2D eigenvalue weighted by atomic mass is 10.3. The fourth-order valence-electron chi connectivity index (χ4n) is 2.48. The summed E-state index contributed by atoms with van der Waals surface area (Å²) in [6.45, 7) is 5.78. The Hall–Kier alpha value is -1.80. The predicted octanol–water partition coefficient (Wildman–Crippen LogP) is 4.43. The van der Waals surface area contributed by atoms with E-state index in [2.05, 4.69) is 5.32 Å². The van der Waals surface area contributed by atoms with Gasteiger partial charge in [-0.1, -0.05) is 37.0 Å². The topological polar surface area (TPSA) is 75.7 Å². The van der Waals surface area contributed by atoms with E-state index in [-0.39, 0.29) is 15.6 Å². The maximum absolute atomic E-state index is 12.7. The number of sulfonamides is 1. The second-order valence-corrected chi connectivity index (χ2v) is 8.72. The summed E-state index contributed by atoms with van der Waals surface area (Å²) in [4.78, 5) is 12.5. The van der Waals surface area contributed by atoms with Gasteiger partial charge in [0.1, 0.15) is 5.75 Å². The van der Waals surface area contributed by atoms with Crippen molar-refractivity contribution in [3.05, 3.63) is 52.5 Å². The number of benzene rings is 2. The van der Waals surface area contributed by atoms with E-state index in [9.17, 15) is 13.2 Å². The summed E-state index contributed by atoms with van der Waals surface area (Å²) in [5, 5.41) is 3.41. The van der Waals surface area contributed by atoms with Crippen LogP contribution in [0.4, 0.5) is 5.69 Å². The van der Waals surface area contributed by atoms with Crippen LogP contribution in [-0.2, 0) is 14.8 Å². The largest absolute Gasteiger partial charge is 0.481 e. The number of amides is 1. The highest BCUT2D eigenvalue weighted by atomic mass is 35.5. The Morgan fingerprint density at radius 1 is 1.11 bits per heavy atom. The molecule has 2 rings (SSSR count).